The number of carbonyl (C=O) groups is 2. The zero-order valence-corrected chi connectivity index (χ0v) is 15.4. The van der Waals surface area contributed by atoms with Crippen LogP contribution in [0.5, 0.6) is 0 Å². The maximum absolute atomic E-state index is 12.5. The van der Waals surface area contributed by atoms with E-state index in [4.69, 9.17) is 4.74 Å². The number of carbonyl (C=O) groups excluding carboxylic acids is 2. The number of hydrogen-bond acceptors (Lipinski definition) is 3. The van der Waals surface area contributed by atoms with Gasteiger partial charge in [-0.15, -0.1) is 0 Å². The highest BCUT2D eigenvalue weighted by Gasteiger charge is 2.22. The molecule has 5 heteroatoms. The van der Waals surface area contributed by atoms with Crippen LogP contribution in [-0.2, 0) is 22.6 Å². The van der Waals surface area contributed by atoms with Crippen molar-refractivity contribution in [2.45, 2.75) is 39.9 Å². The molecule has 0 saturated heterocycles. The summed E-state index contributed by atoms with van der Waals surface area (Å²) in [6.45, 7) is 6.79. The number of fused-ring (bicyclic) bond motifs is 1. The van der Waals surface area contributed by atoms with Gasteiger partial charge in [-0.3, -0.25) is 9.59 Å². The van der Waals surface area contributed by atoms with E-state index < -0.39 is 0 Å². The van der Waals surface area contributed by atoms with Crippen molar-refractivity contribution in [1.29, 1.82) is 0 Å². The first kappa shape index (κ1) is 18.1. The highest BCUT2D eigenvalue weighted by Crippen LogP contribution is 2.30. The van der Waals surface area contributed by atoms with E-state index >= 15 is 0 Å². The zero-order chi connectivity index (χ0) is 18.7. The van der Waals surface area contributed by atoms with Crippen molar-refractivity contribution in [3.05, 3.63) is 59.2 Å². The zero-order valence-electron chi connectivity index (χ0n) is 15.4. The van der Waals surface area contributed by atoms with E-state index in [1.807, 2.05) is 44.2 Å². The van der Waals surface area contributed by atoms with Gasteiger partial charge in [-0.05, 0) is 61.7 Å². The Bertz CT molecular complexity index is 813. The van der Waals surface area contributed by atoms with Crippen LogP contribution in [0.4, 0.5) is 11.4 Å². The first-order chi connectivity index (χ1) is 12.4. The standard InChI is InChI=1S/C21H24N2O3/c1-14(2)26-13-16-4-6-17(7-5-16)21(25)22-19-8-9-20-18(12-19)10-11-23(20)15(3)24/h4-9,12,14H,10-11,13H2,1-3H3,(H,22,25). The fourth-order valence-corrected chi connectivity index (χ4v) is 3.03. The molecule has 0 fully saturated rings. The molecule has 0 aliphatic carbocycles. The SMILES string of the molecule is CC(=O)N1CCc2cc(NC(=O)c3ccc(COC(C)C)cc3)ccc21. The molecule has 2 aromatic rings. The third kappa shape index (κ3) is 4.11. The summed E-state index contributed by atoms with van der Waals surface area (Å²) in [7, 11) is 0. The molecule has 26 heavy (non-hydrogen) atoms. The Morgan fingerprint density at radius 2 is 1.88 bits per heavy atom. The predicted octanol–water partition coefficient (Wildman–Crippen LogP) is 3.77. The van der Waals surface area contributed by atoms with Crippen molar-refractivity contribution in [1.82, 2.24) is 0 Å². The van der Waals surface area contributed by atoms with Crippen LogP contribution in [0.25, 0.3) is 0 Å². The molecule has 1 heterocycles. The molecule has 1 aliphatic rings. The first-order valence-corrected chi connectivity index (χ1v) is 8.87. The van der Waals surface area contributed by atoms with Gasteiger partial charge in [0.1, 0.15) is 0 Å². The van der Waals surface area contributed by atoms with Crippen molar-refractivity contribution in [3.8, 4) is 0 Å². The van der Waals surface area contributed by atoms with E-state index in [-0.39, 0.29) is 17.9 Å². The van der Waals surface area contributed by atoms with E-state index in [2.05, 4.69) is 5.32 Å². The molecular weight excluding hydrogens is 328 g/mol. The van der Waals surface area contributed by atoms with Crippen LogP contribution in [-0.4, -0.2) is 24.5 Å². The molecule has 2 aromatic carbocycles. The van der Waals surface area contributed by atoms with E-state index in [1.165, 1.54) is 0 Å². The predicted molar refractivity (Wildman–Crippen MR) is 102 cm³/mol. The highest BCUT2D eigenvalue weighted by molar-refractivity contribution is 6.04. The number of rotatable bonds is 5. The number of anilines is 2. The summed E-state index contributed by atoms with van der Waals surface area (Å²) >= 11 is 0. The maximum Gasteiger partial charge on any atom is 0.255 e. The van der Waals surface area contributed by atoms with Crippen LogP contribution < -0.4 is 10.2 Å². The Balaban J connectivity index is 1.66. The van der Waals surface area contributed by atoms with E-state index in [0.717, 1.165) is 28.9 Å². The lowest BCUT2D eigenvalue weighted by atomic mass is 10.1. The second-order valence-electron chi connectivity index (χ2n) is 6.77. The molecule has 0 spiro atoms. The first-order valence-electron chi connectivity index (χ1n) is 8.87. The molecule has 5 nitrogen and oxygen atoms in total. The van der Waals surface area contributed by atoms with E-state index in [9.17, 15) is 9.59 Å². The molecule has 136 valence electrons. The van der Waals surface area contributed by atoms with Crippen LogP contribution in [0.2, 0.25) is 0 Å². The van der Waals surface area contributed by atoms with Crippen molar-refractivity contribution < 1.29 is 14.3 Å². The van der Waals surface area contributed by atoms with E-state index in [0.29, 0.717) is 18.7 Å². The van der Waals surface area contributed by atoms with Gasteiger partial charge in [0, 0.05) is 30.4 Å². The van der Waals surface area contributed by atoms with Gasteiger partial charge in [-0.1, -0.05) is 12.1 Å². The minimum atomic E-state index is -0.150. The summed E-state index contributed by atoms with van der Waals surface area (Å²) in [6.07, 6.45) is 0.986. The number of benzene rings is 2. The van der Waals surface area contributed by atoms with Gasteiger partial charge in [-0.2, -0.15) is 0 Å². The molecule has 0 atom stereocenters. The van der Waals surface area contributed by atoms with Gasteiger partial charge in [0.05, 0.1) is 12.7 Å². The average Bonchev–Trinajstić information content (AvgIpc) is 3.03. The van der Waals surface area contributed by atoms with Gasteiger partial charge in [0.15, 0.2) is 0 Å². The summed E-state index contributed by atoms with van der Waals surface area (Å²) in [6, 6.07) is 13.1. The highest BCUT2D eigenvalue weighted by atomic mass is 16.5. The summed E-state index contributed by atoms with van der Waals surface area (Å²) < 4.78 is 5.56. The van der Waals surface area contributed by atoms with Gasteiger partial charge in [0.25, 0.3) is 5.91 Å². The monoisotopic (exact) mass is 352 g/mol. The number of nitrogens with zero attached hydrogens (tertiary/aromatic N) is 1. The quantitative estimate of drug-likeness (QED) is 0.891. The van der Waals surface area contributed by atoms with Crippen molar-refractivity contribution >= 4 is 23.2 Å². The van der Waals surface area contributed by atoms with Crippen LogP contribution >= 0.6 is 0 Å². The lowest BCUT2D eigenvalue weighted by molar-refractivity contribution is -0.116. The molecule has 0 saturated carbocycles. The van der Waals surface area contributed by atoms with Crippen molar-refractivity contribution in [2.75, 3.05) is 16.8 Å². The number of nitrogens with one attached hydrogen (secondary N) is 1. The Morgan fingerprint density at radius 1 is 1.15 bits per heavy atom. The van der Waals surface area contributed by atoms with Gasteiger partial charge < -0.3 is 15.0 Å². The van der Waals surface area contributed by atoms with Crippen LogP contribution in [0, 0.1) is 0 Å². The molecule has 0 aromatic heterocycles. The average molecular weight is 352 g/mol. The second kappa shape index (κ2) is 7.70. The number of ether oxygens (including phenoxy) is 1. The molecule has 1 aliphatic heterocycles. The summed E-state index contributed by atoms with van der Waals surface area (Å²) in [5.74, 6) is -0.107. The third-order valence-electron chi connectivity index (χ3n) is 4.41. The molecule has 2 amide bonds. The largest absolute Gasteiger partial charge is 0.374 e. The minimum Gasteiger partial charge on any atom is -0.374 e. The van der Waals surface area contributed by atoms with Crippen LogP contribution in [0.15, 0.2) is 42.5 Å². The molecule has 0 unspecified atom stereocenters. The molecule has 0 radical (unpaired) electrons. The Hall–Kier alpha value is -2.66. The molecule has 0 bridgehead atoms. The van der Waals surface area contributed by atoms with Gasteiger partial charge in [0.2, 0.25) is 5.91 Å². The summed E-state index contributed by atoms with van der Waals surface area (Å²) in [4.78, 5) is 25.8. The lowest BCUT2D eigenvalue weighted by Crippen LogP contribution is -2.25. The van der Waals surface area contributed by atoms with Crippen LogP contribution in [0.3, 0.4) is 0 Å². The Kier molecular flexibility index (Phi) is 5.38. The molecule has 3 rings (SSSR count). The smallest absolute Gasteiger partial charge is 0.255 e. The third-order valence-corrected chi connectivity index (χ3v) is 4.41. The summed E-state index contributed by atoms with van der Waals surface area (Å²) in [5.41, 5.74) is 4.40. The summed E-state index contributed by atoms with van der Waals surface area (Å²) in [5, 5.41) is 2.93. The Labute approximate surface area is 154 Å². The lowest BCUT2D eigenvalue weighted by Gasteiger charge is -2.15. The maximum atomic E-state index is 12.5. The normalized spacial score (nSPS) is 13.0. The van der Waals surface area contributed by atoms with Gasteiger partial charge in [-0.25, -0.2) is 0 Å². The Morgan fingerprint density at radius 3 is 2.54 bits per heavy atom. The molecule has 1 N–H and O–H groups in total. The van der Waals surface area contributed by atoms with Gasteiger partial charge >= 0.3 is 0 Å². The van der Waals surface area contributed by atoms with Crippen molar-refractivity contribution in [2.24, 2.45) is 0 Å². The topological polar surface area (TPSA) is 58.6 Å². The fraction of sp³-hybridized carbons (Fsp3) is 0.333. The minimum absolute atomic E-state index is 0.0436. The fourth-order valence-electron chi connectivity index (χ4n) is 3.03. The van der Waals surface area contributed by atoms with Crippen LogP contribution in [0.1, 0.15) is 42.3 Å². The second-order valence-corrected chi connectivity index (χ2v) is 6.77. The van der Waals surface area contributed by atoms with E-state index in [1.54, 1.807) is 24.0 Å². The van der Waals surface area contributed by atoms with Crippen molar-refractivity contribution in [3.63, 3.8) is 0 Å². The number of amides is 2. The molecular formula is C21H24N2O3. The number of hydrogen-bond donors (Lipinski definition) is 1.